The first kappa shape index (κ1) is 12.9. The SMILES string of the molecule is CC(=O)c1ccc(N(C)C2CCCCC2)cc1N. The van der Waals surface area contributed by atoms with Crippen molar-refractivity contribution in [2.45, 2.75) is 45.1 Å². The zero-order chi connectivity index (χ0) is 13.1. The van der Waals surface area contributed by atoms with Crippen LogP contribution in [0.2, 0.25) is 0 Å². The maximum absolute atomic E-state index is 11.4. The Morgan fingerprint density at radius 1 is 1.28 bits per heavy atom. The molecule has 1 aliphatic carbocycles. The van der Waals surface area contributed by atoms with Gasteiger partial charge in [0, 0.05) is 30.0 Å². The number of carbonyl (C=O) groups is 1. The Hall–Kier alpha value is -1.51. The van der Waals surface area contributed by atoms with Crippen molar-refractivity contribution >= 4 is 17.2 Å². The monoisotopic (exact) mass is 246 g/mol. The van der Waals surface area contributed by atoms with Crippen LogP contribution < -0.4 is 10.6 Å². The van der Waals surface area contributed by atoms with Crippen molar-refractivity contribution in [2.75, 3.05) is 17.7 Å². The van der Waals surface area contributed by atoms with E-state index in [0.29, 0.717) is 17.3 Å². The average Bonchev–Trinajstić information content (AvgIpc) is 2.38. The second-order valence-electron chi connectivity index (χ2n) is 5.23. The zero-order valence-corrected chi connectivity index (χ0v) is 11.3. The molecule has 1 saturated carbocycles. The van der Waals surface area contributed by atoms with E-state index in [0.717, 1.165) is 5.69 Å². The number of hydrogen-bond donors (Lipinski definition) is 1. The van der Waals surface area contributed by atoms with Crippen molar-refractivity contribution in [3.8, 4) is 0 Å². The topological polar surface area (TPSA) is 46.3 Å². The number of anilines is 2. The summed E-state index contributed by atoms with van der Waals surface area (Å²) in [6, 6.07) is 6.38. The summed E-state index contributed by atoms with van der Waals surface area (Å²) in [5.41, 5.74) is 8.26. The van der Waals surface area contributed by atoms with Crippen LogP contribution in [0, 0.1) is 0 Å². The van der Waals surface area contributed by atoms with Crippen LogP contribution in [0.3, 0.4) is 0 Å². The van der Waals surface area contributed by atoms with Gasteiger partial charge in [0.15, 0.2) is 5.78 Å². The maximum atomic E-state index is 11.4. The number of nitrogens with zero attached hydrogens (tertiary/aromatic N) is 1. The van der Waals surface area contributed by atoms with Crippen molar-refractivity contribution in [3.63, 3.8) is 0 Å². The largest absolute Gasteiger partial charge is 0.398 e. The first-order valence-electron chi connectivity index (χ1n) is 6.73. The number of ketones is 1. The van der Waals surface area contributed by atoms with E-state index in [4.69, 9.17) is 5.73 Å². The van der Waals surface area contributed by atoms with E-state index < -0.39 is 0 Å². The van der Waals surface area contributed by atoms with E-state index in [1.807, 2.05) is 18.2 Å². The van der Waals surface area contributed by atoms with E-state index in [1.165, 1.54) is 32.1 Å². The van der Waals surface area contributed by atoms with Gasteiger partial charge < -0.3 is 10.6 Å². The van der Waals surface area contributed by atoms with Crippen LogP contribution in [0.25, 0.3) is 0 Å². The summed E-state index contributed by atoms with van der Waals surface area (Å²) in [5, 5.41) is 0. The number of hydrogen-bond acceptors (Lipinski definition) is 3. The first-order valence-corrected chi connectivity index (χ1v) is 6.73. The van der Waals surface area contributed by atoms with Crippen LogP contribution in [0.4, 0.5) is 11.4 Å². The van der Waals surface area contributed by atoms with Crippen molar-refractivity contribution in [1.82, 2.24) is 0 Å². The van der Waals surface area contributed by atoms with E-state index in [-0.39, 0.29) is 5.78 Å². The molecule has 0 spiro atoms. The van der Waals surface area contributed by atoms with Crippen LogP contribution in [-0.4, -0.2) is 18.9 Å². The molecular weight excluding hydrogens is 224 g/mol. The highest BCUT2D eigenvalue weighted by atomic mass is 16.1. The molecule has 1 aromatic carbocycles. The van der Waals surface area contributed by atoms with E-state index in [1.54, 1.807) is 6.92 Å². The number of nitrogens with two attached hydrogens (primary N) is 1. The highest BCUT2D eigenvalue weighted by molar-refractivity contribution is 5.99. The molecule has 0 radical (unpaired) electrons. The fourth-order valence-electron chi connectivity index (χ4n) is 2.77. The first-order chi connectivity index (χ1) is 8.59. The summed E-state index contributed by atoms with van der Waals surface area (Å²) in [6.07, 6.45) is 6.50. The molecule has 0 heterocycles. The van der Waals surface area contributed by atoms with Gasteiger partial charge in [-0.2, -0.15) is 0 Å². The molecule has 0 aliphatic heterocycles. The Kier molecular flexibility index (Phi) is 3.90. The summed E-state index contributed by atoms with van der Waals surface area (Å²) < 4.78 is 0. The molecule has 18 heavy (non-hydrogen) atoms. The maximum Gasteiger partial charge on any atom is 0.161 e. The minimum Gasteiger partial charge on any atom is -0.398 e. The van der Waals surface area contributed by atoms with Crippen LogP contribution in [-0.2, 0) is 0 Å². The lowest BCUT2D eigenvalue weighted by atomic mass is 9.94. The summed E-state index contributed by atoms with van der Waals surface area (Å²) in [7, 11) is 2.12. The predicted molar refractivity (Wildman–Crippen MR) is 76.1 cm³/mol. The minimum absolute atomic E-state index is 0.0272. The van der Waals surface area contributed by atoms with Gasteiger partial charge in [0.2, 0.25) is 0 Å². The van der Waals surface area contributed by atoms with Crippen molar-refractivity contribution in [3.05, 3.63) is 23.8 Å². The minimum atomic E-state index is 0.0272. The molecular formula is C15H22N2O. The quantitative estimate of drug-likeness (QED) is 0.658. The predicted octanol–water partition coefficient (Wildman–Crippen LogP) is 3.24. The molecule has 3 nitrogen and oxygen atoms in total. The van der Waals surface area contributed by atoms with Gasteiger partial charge in [-0.3, -0.25) is 4.79 Å². The lowest BCUT2D eigenvalue weighted by Crippen LogP contribution is -2.33. The zero-order valence-electron chi connectivity index (χ0n) is 11.3. The Labute approximate surface area is 109 Å². The van der Waals surface area contributed by atoms with Crippen LogP contribution in [0.5, 0.6) is 0 Å². The Balaban J connectivity index is 2.17. The molecule has 1 fully saturated rings. The highest BCUT2D eigenvalue weighted by Gasteiger charge is 2.19. The van der Waals surface area contributed by atoms with Crippen LogP contribution in [0.1, 0.15) is 49.4 Å². The van der Waals surface area contributed by atoms with Gasteiger partial charge in [0.05, 0.1) is 0 Å². The Morgan fingerprint density at radius 2 is 1.94 bits per heavy atom. The summed E-state index contributed by atoms with van der Waals surface area (Å²) in [4.78, 5) is 13.7. The Bertz CT molecular complexity index is 436. The van der Waals surface area contributed by atoms with Crippen LogP contribution in [0.15, 0.2) is 18.2 Å². The van der Waals surface area contributed by atoms with E-state index in [9.17, 15) is 4.79 Å². The fourth-order valence-corrected chi connectivity index (χ4v) is 2.77. The molecule has 0 aromatic heterocycles. The summed E-state index contributed by atoms with van der Waals surface area (Å²) in [5.74, 6) is 0.0272. The van der Waals surface area contributed by atoms with Crippen LogP contribution >= 0.6 is 0 Å². The van der Waals surface area contributed by atoms with Gasteiger partial charge in [-0.15, -0.1) is 0 Å². The smallest absolute Gasteiger partial charge is 0.161 e. The summed E-state index contributed by atoms with van der Waals surface area (Å²) >= 11 is 0. The third-order valence-corrected chi connectivity index (χ3v) is 3.94. The molecule has 0 bridgehead atoms. The number of benzene rings is 1. The molecule has 2 rings (SSSR count). The molecule has 0 saturated heterocycles. The average molecular weight is 246 g/mol. The number of Topliss-reactive ketones (excluding diaryl/α,β-unsaturated/α-hetero) is 1. The van der Waals surface area contributed by atoms with Gasteiger partial charge in [-0.05, 0) is 38.0 Å². The second kappa shape index (κ2) is 5.42. The molecule has 1 aliphatic rings. The van der Waals surface area contributed by atoms with E-state index >= 15 is 0 Å². The van der Waals surface area contributed by atoms with Crippen molar-refractivity contribution in [2.24, 2.45) is 0 Å². The van der Waals surface area contributed by atoms with Gasteiger partial charge >= 0.3 is 0 Å². The molecule has 1 aromatic rings. The standard InChI is InChI=1S/C15H22N2O/c1-11(18)14-9-8-13(10-15(14)16)17(2)12-6-4-3-5-7-12/h8-10,12H,3-7,16H2,1-2H3. The molecule has 0 unspecified atom stereocenters. The molecule has 98 valence electrons. The number of rotatable bonds is 3. The number of carbonyl (C=O) groups excluding carboxylic acids is 1. The molecule has 0 atom stereocenters. The highest BCUT2D eigenvalue weighted by Crippen LogP contribution is 2.28. The molecule has 2 N–H and O–H groups in total. The van der Waals surface area contributed by atoms with E-state index in [2.05, 4.69) is 11.9 Å². The third kappa shape index (κ3) is 2.66. The lowest BCUT2D eigenvalue weighted by Gasteiger charge is -2.33. The van der Waals surface area contributed by atoms with Gasteiger partial charge in [-0.25, -0.2) is 0 Å². The van der Waals surface area contributed by atoms with Crippen molar-refractivity contribution < 1.29 is 4.79 Å². The Morgan fingerprint density at radius 3 is 2.50 bits per heavy atom. The van der Waals surface area contributed by atoms with Gasteiger partial charge in [0.25, 0.3) is 0 Å². The van der Waals surface area contributed by atoms with Gasteiger partial charge in [-0.1, -0.05) is 19.3 Å². The number of nitrogen functional groups attached to an aromatic ring is 1. The molecule has 0 amide bonds. The molecule has 3 heteroatoms. The lowest BCUT2D eigenvalue weighted by molar-refractivity contribution is 0.101. The third-order valence-electron chi connectivity index (χ3n) is 3.94. The van der Waals surface area contributed by atoms with Gasteiger partial charge in [0.1, 0.15) is 0 Å². The summed E-state index contributed by atoms with van der Waals surface area (Å²) in [6.45, 7) is 1.55. The van der Waals surface area contributed by atoms with Crippen molar-refractivity contribution in [1.29, 1.82) is 0 Å². The normalized spacial score (nSPS) is 16.6. The fraction of sp³-hybridized carbons (Fsp3) is 0.533. The second-order valence-corrected chi connectivity index (χ2v) is 5.23.